The average Bonchev–Trinajstić information content (AvgIpc) is 2.40. The second-order valence-electron chi connectivity index (χ2n) is 4.73. The van der Waals surface area contributed by atoms with Gasteiger partial charge in [0.25, 0.3) is 6.47 Å². The van der Waals surface area contributed by atoms with E-state index in [-0.39, 0.29) is 23.1 Å². The predicted octanol–water partition coefficient (Wildman–Crippen LogP) is 3.60. The molecule has 0 N–H and O–H groups in total. The molecule has 104 valence electrons. The number of carbonyl (C=O) groups excluding carboxylic acids is 1. The Morgan fingerprint density at radius 1 is 0.947 bits per heavy atom. The molecule has 0 saturated carbocycles. The SMILES string of the molecule is CCCCCCCCCc1ccc(OC=O)cc1.[MgH2]. The van der Waals surface area contributed by atoms with Crippen LogP contribution in [0.5, 0.6) is 5.75 Å². The number of hydrogen-bond donors (Lipinski definition) is 0. The molecule has 0 amide bonds. The van der Waals surface area contributed by atoms with E-state index in [0.717, 1.165) is 6.42 Å². The zero-order valence-electron chi connectivity index (χ0n) is 11.4. The van der Waals surface area contributed by atoms with Crippen molar-refractivity contribution in [2.45, 2.75) is 58.3 Å². The largest absolute Gasteiger partial charge is 0.429 e. The number of unbranched alkanes of at least 4 members (excludes halogenated alkanes) is 6. The summed E-state index contributed by atoms with van der Waals surface area (Å²) in [5, 5.41) is 0. The molecule has 0 aromatic heterocycles. The maximum absolute atomic E-state index is 10.2. The summed E-state index contributed by atoms with van der Waals surface area (Å²) in [4.78, 5) is 10.2. The fourth-order valence-corrected chi connectivity index (χ4v) is 2.08. The van der Waals surface area contributed by atoms with Crippen molar-refractivity contribution in [2.24, 2.45) is 0 Å². The summed E-state index contributed by atoms with van der Waals surface area (Å²) in [6, 6.07) is 7.78. The van der Waals surface area contributed by atoms with E-state index in [1.807, 2.05) is 24.3 Å². The number of hydrogen-bond acceptors (Lipinski definition) is 2. The van der Waals surface area contributed by atoms with Crippen molar-refractivity contribution in [1.29, 1.82) is 0 Å². The number of benzene rings is 1. The normalized spacial score (nSPS) is 9.74. The molecule has 1 aromatic rings. The van der Waals surface area contributed by atoms with Gasteiger partial charge in [0.2, 0.25) is 0 Å². The monoisotopic (exact) mass is 274 g/mol. The Hall–Kier alpha value is -0.544. The van der Waals surface area contributed by atoms with Crippen LogP contribution in [0.15, 0.2) is 24.3 Å². The average molecular weight is 275 g/mol. The van der Waals surface area contributed by atoms with E-state index < -0.39 is 0 Å². The van der Waals surface area contributed by atoms with Gasteiger partial charge in [0.05, 0.1) is 0 Å². The Balaban J connectivity index is 0.00000324. The summed E-state index contributed by atoms with van der Waals surface area (Å²) in [7, 11) is 0. The van der Waals surface area contributed by atoms with Crippen LogP contribution >= 0.6 is 0 Å². The highest BCUT2D eigenvalue weighted by molar-refractivity contribution is 5.75. The van der Waals surface area contributed by atoms with E-state index in [0.29, 0.717) is 12.2 Å². The topological polar surface area (TPSA) is 26.3 Å². The fraction of sp³-hybridized carbons (Fsp3) is 0.562. The summed E-state index contributed by atoms with van der Waals surface area (Å²) in [6.07, 6.45) is 10.5. The number of aryl methyl sites for hydroxylation is 1. The summed E-state index contributed by atoms with van der Waals surface area (Å²) in [6.45, 7) is 2.71. The van der Waals surface area contributed by atoms with Gasteiger partial charge in [-0.05, 0) is 30.5 Å². The van der Waals surface area contributed by atoms with Crippen LogP contribution in [0.2, 0.25) is 0 Å². The van der Waals surface area contributed by atoms with Gasteiger partial charge in [-0.1, -0.05) is 57.6 Å². The van der Waals surface area contributed by atoms with Crippen molar-refractivity contribution in [3.63, 3.8) is 0 Å². The lowest BCUT2D eigenvalue weighted by molar-refractivity contribution is -0.120. The highest BCUT2D eigenvalue weighted by Crippen LogP contribution is 2.14. The van der Waals surface area contributed by atoms with Gasteiger partial charge in [0.15, 0.2) is 0 Å². The van der Waals surface area contributed by atoms with E-state index in [9.17, 15) is 4.79 Å². The van der Waals surface area contributed by atoms with Crippen molar-refractivity contribution < 1.29 is 9.53 Å². The molecule has 3 heteroatoms. The summed E-state index contributed by atoms with van der Waals surface area (Å²) >= 11 is 0. The van der Waals surface area contributed by atoms with Crippen LogP contribution in [0.4, 0.5) is 0 Å². The lowest BCUT2D eigenvalue weighted by Gasteiger charge is -2.03. The Morgan fingerprint density at radius 3 is 2.11 bits per heavy atom. The first kappa shape index (κ1) is 18.5. The van der Waals surface area contributed by atoms with Gasteiger partial charge in [-0.2, -0.15) is 0 Å². The number of carbonyl (C=O) groups is 1. The second kappa shape index (κ2) is 12.5. The van der Waals surface area contributed by atoms with Crippen LogP contribution in [0.3, 0.4) is 0 Å². The standard InChI is InChI=1S/C16H24O2.Mg.2H/c1-2-3-4-5-6-7-8-9-15-10-12-16(13-11-15)18-14-17;;;/h10-14H,2-9H2,1H3;;;. The van der Waals surface area contributed by atoms with Gasteiger partial charge in [0.1, 0.15) is 5.75 Å². The molecule has 0 saturated heterocycles. The van der Waals surface area contributed by atoms with Gasteiger partial charge in [0, 0.05) is 0 Å². The van der Waals surface area contributed by atoms with Crippen molar-refractivity contribution in [1.82, 2.24) is 0 Å². The first-order valence-electron chi connectivity index (χ1n) is 7.06. The molecule has 0 spiro atoms. The predicted molar refractivity (Wildman–Crippen MR) is 83.4 cm³/mol. The van der Waals surface area contributed by atoms with E-state index >= 15 is 0 Å². The summed E-state index contributed by atoms with van der Waals surface area (Å²) < 4.78 is 4.76. The van der Waals surface area contributed by atoms with Crippen molar-refractivity contribution in [2.75, 3.05) is 0 Å². The molecular formula is C16H26MgO2. The Labute approximate surface area is 133 Å². The molecule has 1 rings (SSSR count). The van der Waals surface area contributed by atoms with Gasteiger partial charge >= 0.3 is 23.1 Å². The van der Waals surface area contributed by atoms with Gasteiger partial charge in [-0.15, -0.1) is 0 Å². The molecule has 0 radical (unpaired) electrons. The summed E-state index contributed by atoms with van der Waals surface area (Å²) in [5.41, 5.74) is 1.32. The fourth-order valence-electron chi connectivity index (χ4n) is 2.08. The second-order valence-corrected chi connectivity index (χ2v) is 4.73. The van der Waals surface area contributed by atoms with Crippen LogP contribution < -0.4 is 4.74 Å². The van der Waals surface area contributed by atoms with Gasteiger partial charge < -0.3 is 4.74 Å². The lowest BCUT2D eigenvalue weighted by atomic mass is 10.0. The third-order valence-electron chi connectivity index (χ3n) is 3.18. The van der Waals surface area contributed by atoms with E-state index in [1.165, 1.54) is 50.5 Å². The van der Waals surface area contributed by atoms with Crippen LogP contribution in [-0.4, -0.2) is 29.5 Å². The molecule has 2 nitrogen and oxygen atoms in total. The Morgan fingerprint density at radius 2 is 1.53 bits per heavy atom. The van der Waals surface area contributed by atoms with Gasteiger partial charge in [-0.25, -0.2) is 0 Å². The molecule has 0 aliphatic carbocycles. The molecule has 0 unspecified atom stereocenters. The molecule has 1 aromatic carbocycles. The van der Waals surface area contributed by atoms with Gasteiger partial charge in [-0.3, -0.25) is 4.79 Å². The maximum atomic E-state index is 10.2. The zero-order chi connectivity index (χ0) is 13.1. The zero-order valence-corrected chi connectivity index (χ0v) is 11.4. The molecule has 0 aliphatic heterocycles. The quantitative estimate of drug-likeness (QED) is 0.370. The van der Waals surface area contributed by atoms with Crippen LogP contribution in [-0.2, 0) is 11.2 Å². The lowest BCUT2D eigenvalue weighted by Crippen LogP contribution is -1.90. The van der Waals surface area contributed by atoms with Crippen LogP contribution in [0.25, 0.3) is 0 Å². The van der Waals surface area contributed by atoms with Crippen molar-refractivity contribution in [3.8, 4) is 5.75 Å². The molecule has 0 bridgehead atoms. The number of ether oxygens (including phenoxy) is 1. The highest BCUT2D eigenvalue weighted by atomic mass is 24.3. The molecule has 0 heterocycles. The Kier molecular flexibility index (Phi) is 12.1. The first-order valence-corrected chi connectivity index (χ1v) is 7.06. The third kappa shape index (κ3) is 9.06. The molecule has 0 atom stereocenters. The molecule has 0 aliphatic rings. The molecule has 0 fully saturated rings. The van der Waals surface area contributed by atoms with E-state index in [2.05, 4.69) is 6.92 Å². The molecular weight excluding hydrogens is 248 g/mol. The smallest absolute Gasteiger partial charge is 0.316 e. The van der Waals surface area contributed by atoms with Crippen molar-refractivity contribution in [3.05, 3.63) is 29.8 Å². The van der Waals surface area contributed by atoms with E-state index in [4.69, 9.17) is 4.74 Å². The molecule has 19 heavy (non-hydrogen) atoms. The minimum atomic E-state index is 0. The van der Waals surface area contributed by atoms with Crippen LogP contribution in [0.1, 0.15) is 57.4 Å². The minimum absolute atomic E-state index is 0. The highest BCUT2D eigenvalue weighted by Gasteiger charge is 1.96. The van der Waals surface area contributed by atoms with E-state index in [1.54, 1.807) is 0 Å². The van der Waals surface area contributed by atoms with Crippen LogP contribution in [0, 0.1) is 0 Å². The number of rotatable bonds is 10. The third-order valence-corrected chi connectivity index (χ3v) is 3.18. The first-order chi connectivity index (χ1) is 8.86. The van der Waals surface area contributed by atoms with Crippen molar-refractivity contribution >= 4 is 29.5 Å². The summed E-state index contributed by atoms with van der Waals surface area (Å²) in [5.74, 6) is 0.619. The Bertz CT molecular complexity index is 322. The minimum Gasteiger partial charge on any atom is -0.429 e. The maximum Gasteiger partial charge on any atom is 0.316 e.